The molecule has 0 radical (unpaired) electrons. The number of hydrogen-bond acceptors (Lipinski definition) is 2. The van der Waals surface area contributed by atoms with Gasteiger partial charge in [-0.2, -0.15) is 0 Å². The number of hydrogen-bond donors (Lipinski definition) is 0. The van der Waals surface area contributed by atoms with Crippen LogP contribution in [-0.2, 0) is 0 Å². The van der Waals surface area contributed by atoms with Crippen LogP contribution in [0, 0.1) is 0 Å². The van der Waals surface area contributed by atoms with Crippen LogP contribution in [0.15, 0.2) is 18.2 Å². The molecule has 0 saturated heterocycles. The van der Waals surface area contributed by atoms with Gasteiger partial charge >= 0.3 is 98.3 Å². The summed E-state index contributed by atoms with van der Waals surface area (Å²) in [6, 6.07) is 5.39. The number of rotatable bonds is 5. The molecule has 2 nitrogen and oxygen atoms in total. The molecular formula is C10H13ClO2Se. The van der Waals surface area contributed by atoms with E-state index in [1.54, 1.807) is 26.2 Å². The molecule has 0 bridgehead atoms. The van der Waals surface area contributed by atoms with E-state index in [4.69, 9.17) is 23.8 Å². The topological polar surface area (TPSA) is 18.5 Å². The third-order valence-electron chi connectivity index (χ3n) is 1.57. The monoisotopic (exact) mass is 282 g/mol. The average molecular weight is 282 g/mol. The standard InChI is InChI=1S/C10H13ClO2Se/c1-3-14-10-5-4-8(12-2)6-9(10)13-7-11/h4-6H,3,7H2,1-2H3/i3+1DH. The zero-order valence-electron chi connectivity index (χ0n) is 10.0. The number of methoxy groups -OCH3 is 1. The molecular weight excluding hydrogens is 268 g/mol. The van der Waals surface area contributed by atoms with E-state index in [0.717, 1.165) is 4.46 Å². The third kappa shape index (κ3) is 3.09. The van der Waals surface area contributed by atoms with E-state index >= 15 is 0 Å². The van der Waals surface area contributed by atoms with Crippen molar-refractivity contribution in [1.82, 2.24) is 0 Å². The molecule has 0 aliphatic heterocycles. The molecule has 78 valence electrons. The van der Waals surface area contributed by atoms with Gasteiger partial charge in [0.1, 0.15) is 0 Å². The summed E-state index contributed by atoms with van der Waals surface area (Å²) in [4.78, 5) is 0. The van der Waals surface area contributed by atoms with E-state index < -0.39 is 5.27 Å². The Kier molecular flexibility index (Phi) is 3.93. The van der Waals surface area contributed by atoms with Crippen molar-refractivity contribution in [3.8, 4) is 11.5 Å². The first-order chi connectivity index (χ1) is 7.46. The van der Waals surface area contributed by atoms with Crippen LogP contribution in [0.1, 0.15) is 9.67 Å². The fourth-order valence-electron chi connectivity index (χ4n) is 0.981. The molecule has 0 fully saturated rings. The van der Waals surface area contributed by atoms with Gasteiger partial charge in [0.05, 0.1) is 0 Å². The molecule has 0 aromatic heterocycles. The van der Waals surface area contributed by atoms with E-state index in [9.17, 15) is 0 Å². The molecule has 0 heterocycles. The van der Waals surface area contributed by atoms with Crippen molar-refractivity contribution >= 4 is 31.0 Å². The molecule has 0 saturated carbocycles. The van der Waals surface area contributed by atoms with E-state index in [0.29, 0.717) is 11.5 Å². The van der Waals surface area contributed by atoms with Crippen LogP contribution >= 0.6 is 11.6 Å². The van der Waals surface area contributed by atoms with Crippen LogP contribution in [0.25, 0.3) is 0 Å². The predicted molar refractivity (Wildman–Crippen MR) is 60.2 cm³/mol. The first kappa shape index (κ1) is 8.90. The quantitative estimate of drug-likeness (QED) is 0.467. The summed E-state index contributed by atoms with van der Waals surface area (Å²) in [5, 5.41) is -1.22. The average Bonchev–Trinajstić information content (AvgIpc) is 2.19. The van der Waals surface area contributed by atoms with Gasteiger partial charge in [-0.1, -0.05) is 0 Å². The molecule has 14 heavy (non-hydrogen) atoms. The van der Waals surface area contributed by atoms with Crippen molar-refractivity contribution in [2.24, 2.45) is 0 Å². The van der Waals surface area contributed by atoms with Gasteiger partial charge in [-0.3, -0.25) is 0 Å². The van der Waals surface area contributed by atoms with Crippen molar-refractivity contribution in [3.05, 3.63) is 18.2 Å². The number of benzene rings is 1. The second-order valence-electron chi connectivity index (χ2n) is 2.37. The summed E-state index contributed by atoms with van der Waals surface area (Å²) in [5.74, 6) is 1.27. The number of alkyl halides is 1. The van der Waals surface area contributed by atoms with Gasteiger partial charge < -0.3 is 0 Å². The minimum absolute atomic E-state index is 0.0446. The zero-order chi connectivity index (χ0) is 12.2. The van der Waals surface area contributed by atoms with Crippen LogP contribution in [0.3, 0.4) is 0 Å². The molecule has 1 aromatic carbocycles. The van der Waals surface area contributed by atoms with E-state index in [1.165, 1.54) is 0 Å². The van der Waals surface area contributed by atoms with E-state index in [-0.39, 0.29) is 21.0 Å². The fraction of sp³-hybridized carbons (Fsp3) is 0.400. The molecule has 1 aromatic rings. The van der Waals surface area contributed by atoms with Crippen molar-refractivity contribution in [1.29, 1.82) is 0 Å². The van der Waals surface area contributed by atoms with Gasteiger partial charge in [0.2, 0.25) is 0 Å². The molecule has 0 aliphatic carbocycles. The molecule has 1 atom stereocenters. The fourth-order valence-corrected chi connectivity index (χ4v) is 2.30. The van der Waals surface area contributed by atoms with Crippen molar-refractivity contribution in [3.63, 3.8) is 0 Å². The Morgan fingerprint density at radius 1 is 1.71 bits per heavy atom. The summed E-state index contributed by atoms with van der Waals surface area (Å²) in [6.45, 7) is 1.56. The first-order valence-electron chi connectivity index (χ1n) is 5.02. The second kappa shape index (κ2) is 6.18. The van der Waals surface area contributed by atoms with Gasteiger partial charge in [0.15, 0.2) is 0 Å². The van der Waals surface area contributed by atoms with Crippen LogP contribution in [0.4, 0.5) is 0 Å². The molecule has 1 unspecified atom stereocenters. The Hall–Kier alpha value is -0.371. The molecule has 0 N–H and O–H groups in total. The van der Waals surface area contributed by atoms with Crippen molar-refractivity contribution in [2.45, 2.75) is 12.2 Å². The van der Waals surface area contributed by atoms with Crippen LogP contribution < -0.4 is 13.9 Å². The normalized spacial score (nSPS) is 16.5. The minimum atomic E-state index is -1.22. The van der Waals surface area contributed by atoms with E-state index in [1.807, 2.05) is 6.07 Å². The van der Waals surface area contributed by atoms with Crippen molar-refractivity contribution in [2.75, 3.05) is 13.2 Å². The van der Waals surface area contributed by atoms with Crippen LogP contribution in [0.5, 0.6) is 11.5 Å². The molecule has 0 spiro atoms. The molecule has 0 amide bonds. The van der Waals surface area contributed by atoms with Crippen LogP contribution in [-0.4, -0.2) is 28.1 Å². The Balaban J connectivity index is 2.98. The summed E-state index contributed by atoms with van der Waals surface area (Å²) >= 11 is 5.21. The SMILES string of the molecule is [1H][13C]([2H])(C)[Se]c1ccc(OC)cc1OCCl. The van der Waals surface area contributed by atoms with Crippen LogP contribution in [0.2, 0.25) is 5.27 Å². The Morgan fingerprint density at radius 2 is 2.50 bits per heavy atom. The number of ether oxygens (including phenoxy) is 2. The summed E-state index contributed by atoms with van der Waals surface area (Å²) in [7, 11) is 1.57. The molecule has 1 rings (SSSR count). The molecule has 0 aliphatic rings. The van der Waals surface area contributed by atoms with Gasteiger partial charge in [0, 0.05) is 0 Å². The Morgan fingerprint density at radius 3 is 3.07 bits per heavy atom. The summed E-state index contributed by atoms with van der Waals surface area (Å²) in [5.41, 5.74) is 0. The predicted octanol–water partition coefficient (Wildman–Crippen LogP) is 2.04. The third-order valence-corrected chi connectivity index (χ3v) is 3.28. The van der Waals surface area contributed by atoms with Gasteiger partial charge in [-0.15, -0.1) is 0 Å². The maximum absolute atomic E-state index is 7.57. The first-order valence-corrected chi connectivity index (χ1v) is 6.27. The maximum atomic E-state index is 7.57. The Labute approximate surface area is 98.5 Å². The van der Waals surface area contributed by atoms with Gasteiger partial charge in [-0.25, -0.2) is 0 Å². The second-order valence-corrected chi connectivity index (χ2v) is 4.80. The summed E-state index contributed by atoms with van der Waals surface area (Å²) < 4.78 is 26.3. The Bertz CT molecular complexity index is 355. The van der Waals surface area contributed by atoms with Gasteiger partial charge in [0.25, 0.3) is 0 Å². The van der Waals surface area contributed by atoms with Gasteiger partial charge in [-0.05, 0) is 0 Å². The summed E-state index contributed by atoms with van der Waals surface area (Å²) in [6.07, 6.45) is 0. The zero-order valence-corrected chi connectivity index (χ0v) is 10.5. The van der Waals surface area contributed by atoms with E-state index in [2.05, 4.69) is 0 Å². The number of halogens is 1. The molecule has 4 heteroatoms. The van der Waals surface area contributed by atoms with Crippen molar-refractivity contribution < 1.29 is 12.2 Å².